The first-order chi connectivity index (χ1) is 8.45. The summed E-state index contributed by atoms with van der Waals surface area (Å²) in [7, 11) is 1.36. The Balaban J connectivity index is 2.68. The Morgan fingerprint density at radius 2 is 1.89 bits per heavy atom. The van der Waals surface area contributed by atoms with Crippen molar-refractivity contribution in [3.8, 4) is 5.75 Å². The van der Waals surface area contributed by atoms with Crippen LogP contribution in [0.2, 0.25) is 0 Å². The lowest BCUT2D eigenvalue weighted by Gasteiger charge is -2.09. The Morgan fingerprint density at radius 1 is 1.33 bits per heavy atom. The molecule has 0 aliphatic carbocycles. The second-order valence-electron chi connectivity index (χ2n) is 4.06. The fourth-order valence-electron chi connectivity index (χ4n) is 1.50. The zero-order chi connectivity index (χ0) is 13.7. The van der Waals surface area contributed by atoms with Crippen LogP contribution in [0, 0.1) is 13.8 Å². The molecule has 0 N–H and O–H groups in total. The molecule has 4 heteroatoms. The Bertz CT molecular complexity index is 455. The highest BCUT2D eigenvalue weighted by atomic mass is 79.9. The van der Waals surface area contributed by atoms with Crippen LogP contribution in [0.15, 0.2) is 28.3 Å². The molecule has 0 unspecified atom stereocenters. The van der Waals surface area contributed by atoms with Crippen molar-refractivity contribution in [2.75, 3.05) is 13.7 Å². The summed E-state index contributed by atoms with van der Waals surface area (Å²) in [6, 6.07) is 3.91. The van der Waals surface area contributed by atoms with E-state index in [9.17, 15) is 4.79 Å². The van der Waals surface area contributed by atoms with Gasteiger partial charge in [-0.25, -0.2) is 4.79 Å². The van der Waals surface area contributed by atoms with E-state index in [1.54, 1.807) is 13.0 Å². The number of methoxy groups -OCH3 is 1. The summed E-state index contributed by atoms with van der Waals surface area (Å²) in [5.74, 6) is 0.462. The first-order valence-corrected chi connectivity index (χ1v) is 6.39. The highest BCUT2D eigenvalue weighted by Crippen LogP contribution is 2.26. The Kier molecular flexibility index (Phi) is 5.41. The van der Waals surface area contributed by atoms with Gasteiger partial charge in [0.15, 0.2) is 0 Å². The van der Waals surface area contributed by atoms with E-state index < -0.39 is 0 Å². The fraction of sp³-hybridized carbons (Fsp3) is 0.357. The van der Waals surface area contributed by atoms with Gasteiger partial charge in [-0.05, 0) is 50.1 Å². The summed E-state index contributed by atoms with van der Waals surface area (Å²) in [6.45, 7) is 6.08. The Hall–Kier alpha value is -1.29. The number of rotatable bonds is 4. The van der Waals surface area contributed by atoms with Crippen LogP contribution < -0.4 is 4.74 Å². The maximum atomic E-state index is 11.2. The molecule has 0 atom stereocenters. The lowest BCUT2D eigenvalue weighted by Crippen LogP contribution is -2.04. The third-order valence-electron chi connectivity index (χ3n) is 2.56. The maximum absolute atomic E-state index is 11.2. The lowest BCUT2D eigenvalue weighted by atomic mass is 10.1. The molecular formula is C14H17BrO3. The van der Waals surface area contributed by atoms with E-state index in [0.29, 0.717) is 12.2 Å². The third kappa shape index (κ3) is 3.88. The van der Waals surface area contributed by atoms with Crippen LogP contribution in [0.3, 0.4) is 0 Å². The minimum Gasteiger partial charge on any atom is -0.489 e. The molecule has 0 spiro atoms. The Labute approximate surface area is 116 Å². The molecule has 0 aliphatic heterocycles. The van der Waals surface area contributed by atoms with E-state index in [4.69, 9.17) is 4.74 Å². The molecule has 0 heterocycles. The molecule has 0 fully saturated rings. The highest BCUT2D eigenvalue weighted by molar-refractivity contribution is 9.10. The summed E-state index contributed by atoms with van der Waals surface area (Å²) in [5.41, 5.74) is 2.79. The average molecular weight is 313 g/mol. The molecule has 0 saturated carbocycles. The smallest absolute Gasteiger partial charge is 0.333 e. The van der Waals surface area contributed by atoms with Gasteiger partial charge in [0, 0.05) is 10.0 Å². The van der Waals surface area contributed by atoms with Crippen LogP contribution in [-0.2, 0) is 9.53 Å². The van der Waals surface area contributed by atoms with Gasteiger partial charge in [0.05, 0.1) is 7.11 Å². The molecular weight excluding hydrogens is 296 g/mol. The van der Waals surface area contributed by atoms with Crippen LogP contribution in [0.4, 0.5) is 0 Å². The number of hydrogen-bond donors (Lipinski definition) is 0. The largest absolute Gasteiger partial charge is 0.489 e. The van der Waals surface area contributed by atoms with Gasteiger partial charge in [0.1, 0.15) is 12.4 Å². The molecule has 18 heavy (non-hydrogen) atoms. The fourth-order valence-corrected chi connectivity index (χ4v) is 1.73. The normalized spacial score (nSPS) is 11.3. The summed E-state index contributed by atoms with van der Waals surface area (Å²) in [4.78, 5) is 11.2. The topological polar surface area (TPSA) is 35.5 Å². The van der Waals surface area contributed by atoms with Crippen LogP contribution in [0.5, 0.6) is 5.75 Å². The molecule has 0 aromatic heterocycles. The van der Waals surface area contributed by atoms with Crippen LogP contribution in [-0.4, -0.2) is 19.7 Å². The number of halogens is 1. The molecule has 0 radical (unpaired) electrons. The zero-order valence-corrected chi connectivity index (χ0v) is 12.6. The van der Waals surface area contributed by atoms with Gasteiger partial charge in [-0.1, -0.05) is 15.9 Å². The third-order valence-corrected chi connectivity index (χ3v) is 3.81. The van der Waals surface area contributed by atoms with E-state index in [1.165, 1.54) is 7.11 Å². The van der Waals surface area contributed by atoms with E-state index in [1.807, 2.05) is 26.0 Å². The summed E-state index contributed by atoms with van der Waals surface area (Å²) in [5, 5.41) is 0. The van der Waals surface area contributed by atoms with Crippen LogP contribution in [0.25, 0.3) is 0 Å². The number of hydrogen-bond acceptors (Lipinski definition) is 3. The molecule has 0 bridgehead atoms. The molecule has 3 nitrogen and oxygen atoms in total. The predicted molar refractivity (Wildman–Crippen MR) is 74.9 cm³/mol. The summed E-state index contributed by atoms with van der Waals surface area (Å²) in [6.07, 6.45) is 1.71. The van der Waals surface area contributed by atoms with E-state index in [-0.39, 0.29) is 5.97 Å². The second-order valence-corrected chi connectivity index (χ2v) is 4.85. The monoisotopic (exact) mass is 312 g/mol. The number of carbonyl (C=O) groups is 1. The van der Waals surface area contributed by atoms with Crippen LogP contribution in [0.1, 0.15) is 18.1 Å². The maximum Gasteiger partial charge on any atom is 0.333 e. The molecule has 0 saturated heterocycles. The van der Waals surface area contributed by atoms with Gasteiger partial charge < -0.3 is 9.47 Å². The number of esters is 1. The van der Waals surface area contributed by atoms with E-state index in [0.717, 1.165) is 21.3 Å². The van der Waals surface area contributed by atoms with E-state index in [2.05, 4.69) is 20.7 Å². The zero-order valence-electron chi connectivity index (χ0n) is 11.0. The van der Waals surface area contributed by atoms with Gasteiger partial charge in [0.2, 0.25) is 0 Å². The van der Waals surface area contributed by atoms with Gasteiger partial charge in [-0.15, -0.1) is 0 Å². The standard InChI is InChI=1S/C14H17BrO3/c1-9(14(16)17-4)5-6-18-12-7-10(2)13(15)11(3)8-12/h5,7-8H,6H2,1-4H3/b9-5+. The van der Waals surface area contributed by atoms with Crippen molar-refractivity contribution in [2.24, 2.45) is 0 Å². The predicted octanol–water partition coefficient (Wildman–Crippen LogP) is 3.56. The van der Waals surface area contributed by atoms with Crippen molar-refractivity contribution in [2.45, 2.75) is 20.8 Å². The SMILES string of the molecule is COC(=O)/C(C)=C/COc1cc(C)c(Br)c(C)c1. The van der Waals surface area contributed by atoms with Gasteiger partial charge in [-0.2, -0.15) is 0 Å². The van der Waals surface area contributed by atoms with Crippen molar-refractivity contribution >= 4 is 21.9 Å². The number of carbonyl (C=O) groups excluding carboxylic acids is 1. The molecule has 1 aromatic carbocycles. The highest BCUT2D eigenvalue weighted by Gasteiger charge is 2.04. The summed E-state index contributed by atoms with van der Waals surface area (Å²) >= 11 is 3.50. The van der Waals surface area contributed by atoms with Crippen molar-refractivity contribution in [3.63, 3.8) is 0 Å². The molecule has 0 aliphatic rings. The molecule has 0 amide bonds. The van der Waals surface area contributed by atoms with Crippen molar-refractivity contribution in [1.82, 2.24) is 0 Å². The first-order valence-electron chi connectivity index (χ1n) is 5.60. The van der Waals surface area contributed by atoms with Crippen molar-refractivity contribution < 1.29 is 14.3 Å². The van der Waals surface area contributed by atoms with Crippen LogP contribution >= 0.6 is 15.9 Å². The number of aryl methyl sites for hydroxylation is 2. The van der Waals surface area contributed by atoms with Gasteiger partial charge in [0.25, 0.3) is 0 Å². The quantitative estimate of drug-likeness (QED) is 0.630. The average Bonchev–Trinajstić information content (AvgIpc) is 2.34. The van der Waals surface area contributed by atoms with Gasteiger partial charge >= 0.3 is 5.97 Å². The minimum absolute atomic E-state index is 0.332. The molecule has 98 valence electrons. The van der Waals surface area contributed by atoms with Crippen molar-refractivity contribution in [3.05, 3.63) is 39.4 Å². The van der Waals surface area contributed by atoms with E-state index >= 15 is 0 Å². The number of benzene rings is 1. The minimum atomic E-state index is -0.332. The lowest BCUT2D eigenvalue weighted by molar-refractivity contribution is -0.136. The molecule has 1 rings (SSSR count). The number of ether oxygens (including phenoxy) is 2. The second kappa shape index (κ2) is 6.59. The van der Waals surface area contributed by atoms with Gasteiger partial charge in [-0.3, -0.25) is 0 Å². The first kappa shape index (κ1) is 14.8. The Morgan fingerprint density at radius 3 is 2.39 bits per heavy atom. The van der Waals surface area contributed by atoms with Crippen molar-refractivity contribution in [1.29, 1.82) is 0 Å². The summed E-state index contributed by atoms with van der Waals surface area (Å²) < 4.78 is 11.3. The molecule has 1 aromatic rings.